The highest BCUT2D eigenvalue weighted by Gasteiger charge is 2.33. The first-order valence-electron chi connectivity index (χ1n) is 5.67. The molecule has 2 rings (SSSR count). The molecule has 0 aliphatic carbocycles. The Kier molecular flexibility index (Phi) is 5.26. The third-order valence-corrected chi connectivity index (χ3v) is 2.88. The molecule has 0 saturated carbocycles. The second-order valence-electron chi connectivity index (χ2n) is 4.07. The first-order chi connectivity index (χ1) is 8.61. The minimum absolute atomic E-state index is 0.0329. The minimum atomic E-state index is -0.421. The first-order valence-corrected chi connectivity index (χ1v) is 5.67. The fourth-order valence-electron chi connectivity index (χ4n) is 1.91. The average Bonchev–Trinajstić information content (AvgIpc) is 2.73. The molecule has 1 aromatic heterocycles. The summed E-state index contributed by atoms with van der Waals surface area (Å²) in [5, 5.41) is 16.1. The van der Waals surface area contributed by atoms with Gasteiger partial charge in [-0.1, -0.05) is 6.92 Å². The van der Waals surface area contributed by atoms with Crippen LogP contribution in [0.1, 0.15) is 19.6 Å². The van der Waals surface area contributed by atoms with Crippen LogP contribution in [0.4, 0.5) is 5.82 Å². The molecule has 2 heterocycles. The van der Waals surface area contributed by atoms with E-state index < -0.39 is 5.69 Å². The lowest BCUT2D eigenvalue weighted by Gasteiger charge is -2.14. The van der Waals surface area contributed by atoms with E-state index in [4.69, 9.17) is 20.7 Å². The molecule has 1 aromatic rings. The van der Waals surface area contributed by atoms with Crippen LogP contribution in [0, 0.1) is 5.92 Å². The van der Waals surface area contributed by atoms with Gasteiger partial charge in [-0.2, -0.15) is 4.98 Å². The van der Waals surface area contributed by atoms with Gasteiger partial charge in [0.25, 0.3) is 0 Å². The summed E-state index contributed by atoms with van der Waals surface area (Å²) >= 11 is 0. The molecule has 102 valence electrons. The van der Waals surface area contributed by atoms with E-state index in [1.165, 1.54) is 4.57 Å². The molecule has 0 bridgehead atoms. The van der Waals surface area contributed by atoms with Crippen molar-refractivity contribution in [3.05, 3.63) is 22.7 Å². The van der Waals surface area contributed by atoms with Gasteiger partial charge in [0, 0.05) is 13.3 Å². The molecule has 0 aromatic carbocycles. The maximum atomic E-state index is 11.6. The zero-order valence-corrected chi connectivity index (χ0v) is 10.5. The predicted octanol–water partition coefficient (Wildman–Crippen LogP) is -0.650. The lowest BCUT2D eigenvalue weighted by molar-refractivity contribution is -0.0312. The molecule has 3 atom stereocenters. The van der Waals surface area contributed by atoms with Crippen molar-refractivity contribution >= 4 is 5.82 Å². The van der Waals surface area contributed by atoms with Crippen LogP contribution in [-0.2, 0) is 4.74 Å². The molecule has 18 heavy (non-hydrogen) atoms. The SMILES string of the molecule is CC1CC(n2ccc(N)nc2=O)OC1CO.CO. The fraction of sp³-hybridized carbons (Fsp3) is 0.636. The number of aliphatic hydroxyl groups is 2. The van der Waals surface area contributed by atoms with Crippen LogP contribution in [-0.4, -0.2) is 39.6 Å². The monoisotopic (exact) mass is 257 g/mol. The Morgan fingerprint density at radius 1 is 1.61 bits per heavy atom. The van der Waals surface area contributed by atoms with Crippen molar-refractivity contribution < 1.29 is 14.9 Å². The number of nitrogens with zero attached hydrogens (tertiary/aromatic N) is 2. The van der Waals surface area contributed by atoms with Crippen molar-refractivity contribution in [1.29, 1.82) is 0 Å². The standard InChI is InChI=1S/C10H15N3O3.CH4O/c1-6-4-9(16-7(6)5-14)13-3-2-8(11)12-10(13)15;1-2/h2-3,6-7,9,14H,4-5H2,1H3,(H2,11,12,15);2H,1H3. The van der Waals surface area contributed by atoms with Crippen molar-refractivity contribution in [2.45, 2.75) is 25.7 Å². The maximum Gasteiger partial charge on any atom is 0.351 e. The van der Waals surface area contributed by atoms with Crippen LogP contribution in [0.15, 0.2) is 17.1 Å². The second kappa shape index (κ2) is 6.48. The van der Waals surface area contributed by atoms with Gasteiger partial charge in [-0.25, -0.2) is 4.79 Å². The molecule has 4 N–H and O–H groups in total. The molecule has 1 fully saturated rings. The molecule has 0 spiro atoms. The molecule has 7 heteroatoms. The van der Waals surface area contributed by atoms with Crippen LogP contribution in [0.2, 0.25) is 0 Å². The molecule has 0 radical (unpaired) electrons. The lowest BCUT2D eigenvalue weighted by atomic mass is 10.0. The number of ether oxygens (including phenoxy) is 1. The van der Waals surface area contributed by atoms with Crippen molar-refractivity contribution in [3.8, 4) is 0 Å². The number of aromatic nitrogens is 2. The van der Waals surface area contributed by atoms with E-state index in [1.807, 2.05) is 6.92 Å². The van der Waals surface area contributed by atoms with Crippen LogP contribution in [0.25, 0.3) is 0 Å². The molecule has 3 unspecified atom stereocenters. The zero-order valence-electron chi connectivity index (χ0n) is 10.5. The van der Waals surface area contributed by atoms with E-state index in [1.54, 1.807) is 12.3 Å². The summed E-state index contributed by atoms with van der Waals surface area (Å²) in [6, 6.07) is 1.56. The first kappa shape index (κ1) is 14.6. The number of hydrogen-bond donors (Lipinski definition) is 3. The Hall–Kier alpha value is -1.44. The fourth-order valence-corrected chi connectivity index (χ4v) is 1.91. The Morgan fingerprint density at radius 2 is 2.28 bits per heavy atom. The molecular weight excluding hydrogens is 238 g/mol. The van der Waals surface area contributed by atoms with Gasteiger partial charge in [0.05, 0.1) is 12.7 Å². The Bertz CT molecular complexity index is 435. The number of hydrogen-bond acceptors (Lipinski definition) is 6. The Balaban J connectivity index is 0.000000771. The van der Waals surface area contributed by atoms with E-state index in [9.17, 15) is 4.79 Å². The van der Waals surface area contributed by atoms with Crippen molar-refractivity contribution in [2.75, 3.05) is 19.5 Å². The molecule has 1 aliphatic rings. The van der Waals surface area contributed by atoms with Crippen LogP contribution < -0.4 is 11.4 Å². The van der Waals surface area contributed by atoms with Gasteiger partial charge < -0.3 is 20.7 Å². The zero-order chi connectivity index (χ0) is 13.7. The summed E-state index contributed by atoms with van der Waals surface area (Å²) in [5.74, 6) is 0.422. The predicted molar refractivity (Wildman–Crippen MR) is 65.8 cm³/mol. The van der Waals surface area contributed by atoms with Gasteiger partial charge in [0.15, 0.2) is 0 Å². The van der Waals surface area contributed by atoms with Gasteiger partial charge in [-0.05, 0) is 18.4 Å². The summed E-state index contributed by atoms with van der Waals surface area (Å²) < 4.78 is 6.97. The summed E-state index contributed by atoms with van der Waals surface area (Å²) in [6.07, 6.45) is 1.70. The highest BCUT2D eigenvalue weighted by Crippen LogP contribution is 2.31. The third kappa shape index (κ3) is 3.06. The molecular formula is C11H19N3O4. The molecule has 7 nitrogen and oxygen atoms in total. The average molecular weight is 257 g/mol. The van der Waals surface area contributed by atoms with Gasteiger partial charge in [-0.3, -0.25) is 4.57 Å². The second-order valence-corrected chi connectivity index (χ2v) is 4.07. The molecule has 1 saturated heterocycles. The van der Waals surface area contributed by atoms with Crippen LogP contribution in [0.5, 0.6) is 0 Å². The Labute approximate surface area is 105 Å². The highest BCUT2D eigenvalue weighted by molar-refractivity contribution is 5.23. The third-order valence-electron chi connectivity index (χ3n) is 2.88. The van der Waals surface area contributed by atoms with Gasteiger partial charge in [0.1, 0.15) is 12.0 Å². The largest absolute Gasteiger partial charge is 0.400 e. The van der Waals surface area contributed by atoms with E-state index in [-0.39, 0.29) is 30.7 Å². The van der Waals surface area contributed by atoms with Crippen molar-refractivity contribution in [1.82, 2.24) is 9.55 Å². The van der Waals surface area contributed by atoms with Crippen LogP contribution >= 0.6 is 0 Å². The number of rotatable bonds is 2. The lowest BCUT2D eigenvalue weighted by Crippen LogP contribution is -2.27. The van der Waals surface area contributed by atoms with E-state index in [0.29, 0.717) is 6.42 Å². The number of anilines is 1. The van der Waals surface area contributed by atoms with Crippen molar-refractivity contribution in [2.24, 2.45) is 5.92 Å². The van der Waals surface area contributed by atoms with E-state index in [2.05, 4.69) is 4.98 Å². The van der Waals surface area contributed by atoms with E-state index >= 15 is 0 Å². The summed E-state index contributed by atoms with van der Waals surface area (Å²) in [6.45, 7) is 1.95. The summed E-state index contributed by atoms with van der Waals surface area (Å²) in [4.78, 5) is 15.2. The number of aliphatic hydroxyl groups excluding tert-OH is 2. The summed E-state index contributed by atoms with van der Waals surface area (Å²) in [5.41, 5.74) is 4.98. The van der Waals surface area contributed by atoms with Gasteiger partial charge in [0.2, 0.25) is 0 Å². The molecule has 1 aliphatic heterocycles. The van der Waals surface area contributed by atoms with Crippen molar-refractivity contribution in [3.63, 3.8) is 0 Å². The quantitative estimate of drug-likeness (QED) is 0.649. The number of nitrogen functional groups attached to an aromatic ring is 1. The number of nitrogens with two attached hydrogens (primary N) is 1. The minimum Gasteiger partial charge on any atom is -0.400 e. The van der Waals surface area contributed by atoms with Crippen LogP contribution in [0.3, 0.4) is 0 Å². The maximum absolute atomic E-state index is 11.6. The Morgan fingerprint density at radius 3 is 2.78 bits per heavy atom. The molecule has 0 amide bonds. The van der Waals surface area contributed by atoms with Gasteiger partial charge in [-0.15, -0.1) is 0 Å². The van der Waals surface area contributed by atoms with Gasteiger partial charge >= 0.3 is 5.69 Å². The highest BCUT2D eigenvalue weighted by atomic mass is 16.5. The normalized spacial score (nSPS) is 26.6. The van der Waals surface area contributed by atoms with E-state index in [0.717, 1.165) is 7.11 Å². The smallest absolute Gasteiger partial charge is 0.351 e. The topological polar surface area (TPSA) is 111 Å². The summed E-state index contributed by atoms with van der Waals surface area (Å²) in [7, 11) is 1.00.